The van der Waals surface area contributed by atoms with Gasteiger partial charge in [0, 0.05) is 35.8 Å². The molecule has 0 saturated carbocycles. The van der Waals surface area contributed by atoms with E-state index in [9.17, 15) is 10.1 Å². The molecule has 6 nitrogen and oxygen atoms in total. The molecule has 0 aliphatic carbocycles. The number of ether oxygens (including phenoxy) is 2. The number of benzene rings is 3. The number of nitro groups is 1. The minimum Gasteiger partial charge on any atom is -0.490 e. The van der Waals surface area contributed by atoms with Gasteiger partial charge in [-0.1, -0.05) is 41.9 Å². The zero-order valence-corrected chi connectivity index (χ0v) is 19.7. The van der Waals surface area contributed by atoms with Crippen LogP contribution in [-0.4, -0.2) is 17.6 Å². The zero-order valence-electron chi connectivity index (χ0n) is 18.9. The number of nitrogens with zero attached hydrogens (tertiary/aromatic N) is 1. The molecule has 174 valence electrons. The second kappa shape index (κ2) is 12.2. The molecule has 3 aromatic rings. The van der Waals surface area contributed by atoms with Crippen molar-refractivity contribution >= 4 is 17.3 Å². The Morgan fingerprint density at radius 1 is 1.00 bits per heavy atom. The fraction of sp³-hybridized carbons (Fsp3) is 0.308. The van der Waals surface area contributed by atoms with Crippen LogP contribution in [0.25, 0.3) is 0 Å². The number of halogens is 1. The molecule has 0 aliphatic rings. The Hall–Kier alpha value is -3.09. The van der Waals surface area contributed by atoms with Gasteiger partial charge in [0.2, 0.25) is 0 Å². The molecule has 3 rings (SSSR count). The van der Waals surface area contributed by atoms with E-state index in [1.807, 2.05) is 19.1 Å². The number of hydrogen-bond donors (Lipinski definition) is 1. The first-order valence-corrected chi connectivity index (χ1v) is 11.4. The summed E-state index contributed by atoms with van der Waals surface area (Å²) in [6, 6.07) is 20.7. The molecule has 0 aliphatic heterocycles. The van der Waals surface area contributed by atoms with Crippen molar-refractivity contribution in [1.29, 1.82) is 0 Å². The summed E-state index contributed by atoms with van der Waals surface area (Å²) in [5.74, 6) is 1.17. The van der Waals surface area contributed by atoms with Crippen LogP contribution in [0.2, 0.25) is 5.02 Å². The summed E-state index contributed by atoms with van der Waals surface area (Å²) < 4.78 is 11.7. The molecule has 0 heterocycles. The lowest BCUT2D eigenvalue weighted by Crippen LogP contribution is -2.26. The average molecular weight is 469 g/mol. The lowest BCUT2D eigenvalue weighted by Gasteiger charge is -2.17. The summed E-state index contributed by atoms with van der Waals surface area (Å²) >= 11 is 6.54. The van der Waals surface area contributed by atoms with E-state index in [1.54, 1.807) is 18.2 Å². The van der Waals surface area contributed by atoms with Crippen LogP contribution in [0.15, 0.2) is 66.7 Å². The van der Waals surface area contributed by atoms with Crippen LogP contribution in [0, 0.1) is 10.1 Å². The van der Waals surface area contributed by atoms with E-state index in [-0.39, 0.29) is 12.3 Å². The summed E-state index contributed by atoms with van der Waals surface area (Å²) in [4.78, 5) is 10.4. The molecular formula is C26H29ClN2O4. The number of hydrogen-bond acceptors (Lipinski definition) is 5. The summed E-state index contributed by atoms with van der Waals surface area (Å²) in [6.45, 7) is 5.45. The highest BCUT2D eigenvalue weighted by Crippen LogP contribution is 2.34. The van der Waals surface area contributed by atoms with E-state index in [0.717, 1.165) is 24.0 Å². The first-order valence-electron chi connectivity index (χ1n) is 11.0. The predicted octanol–water partition coefficient (Wildman–Crippen LogP) is 6.34. The normalized spacial score (nSPS) is 11.7. The maximum Gasteiger partial charge on any atom is 0.269 e. The molecule has 0 saturated heterocycles. The van der Waals surface area contributed by atoms with Gasteiger partial charge in [0.1, 0.15) is 6.61 Å². The molecule has 0 fully saturated rings. The first-order chi connectivity index (χ1) is 16.0. The topological polar surface area (TPSA) is 73.6 Å². The van der Waals surface area contributed by atoms with Crippen LogP contribution < -0.4 is 14.8 Å². The highest BCUT2D eigenvalue weighted by Gasteiger charge is 2.13. The van der Waals surface area contributed by atoms with E-state index in [1.165, 1.54) is 17.7 Å². The monoisotopic (exact) mass is 468 g/mol. The molecule has 1 unspecified atom stereocenters. The van der Waals surface area contributed by atoms with Crippen molar-refractivity contribution in [2.75, 3.05) is 6.61 Å². The Balaban J connectivity index is 1.60. The van der Waals surface area contributed by atoms with Gasteiger partial charge in [0.05, 0.1) is 11.5 Å². The SMILES string of the molecule is CCOc1cc(CNC(C)CCc2ccccc2)c(Cl)cc1OCc1ccc([N+](=O)[O-])cc1. The standard InChI is InChI=1S/C26H29ClN2O4/c1-3-32-25-15-22(17-28-19(2)9-10-20-7-5-4-6-8-20)24(27)16-26(25)33-18-21-11-13-23(14-12-21)29(30)31/h4-8,11-16,19,28H,3,9-10,17-18H2,1-2H3. The van der Waals surface area contributed by atoms with Gasteiger partial charge in [-0.15, -0.1) is 0 Å². The van der Waals surface area contributed by atoms with E-state index >= 15 is 0 Å². The second-order valence-corrected chi connectivity index (χ2v) is 8.25. The molecular weight excluding hydrogens is 440 g/mol. The van der Waals surface area contributed by atoms with Gasteiger partial charge in [-0.2, -0.15) is 0 Å². The van der Waals surface area contributed by atoms with Crippen LogP contribution in [0.1, 0.15) is 37.0 Å². The van der Waals surface area contributed by atoms with Crippen molar-refractivity contribution in [3.8, 4) is 11.5 Å². The van der Waals surface area contributed by atoms with Crippen LogP contribution in [0.4, 0.5) is 5.69 Å². The minimum absolute atomic E-state index is 0.0478. The molecule has 0 radical (unpaired) electrons. The van der Waals surface area contributed by atoms with Gasteiger partial charge >= 0.3 is 0 Å². The highest BCUT2D eigenvalue weighted by molar-refractivity contribution is 6.31. The van der Waals surface area contributed by atoms with Crippen molar-refractivity contribution in [3.05, 3.63) is 98.6 Å². The van der Waals surface area contributed by atoms with Gasteiger partial charge in [0.25, 0.3) is 5.69 Å². The molecule has 0 amide bonds. The largest absolute Gasteiger partial charge is 0.490 e. The maximum absolute atomic E-state index is 10.8. The van der Waals surface area contributed by atoms with E-state index in [4.69, 9.17) is 21.1 Å². The van der Waals surface area contributed by atoms with Gasteiger partial charge in [0.15, 0.2) is 11.5 Å². The molecule has 0 spiro atoms. The molecule has 7 heteroatoms. The highest BCUT2D eigenvalue weighted by atomic mass is 35.5. The molecule has 3 aromatic carbocycles. The Bertz CT molecular complexity index is 1040. The molecule has 1 atom stereocenters. The number of nitro benzene ring substituents is 1. The molecule has 33 heavy (non-hydrogen) atoms. The number of non-ortho nitro benzene ring substituents is 1. The third-order valence-corrected chi connectivity index (χ3v) is 5.66. The second-order valence-electron chi connectivity index (χ2n) is 7.84. The van der Waals surface area contributed by atoms with Crippen molar-refractivity contribution in [1.82, 2.24) is 5.32 Å². The number of nitrogens with one attached hydrogen (secondary N) is 1. The molecule has 0 aromatic heterocycles. The average Bonchev–Trinajstić information content (AvgIpc) is 2.82. The van der Waals surface area contributed by atoms with E-state index < -0.39 is 4.92 Å². The molecule has 0 bridgehead atoms. The van der Waals surface area contributed by atoms with Crippen molar-refractivity contribution in [2.45, 2.75) is 45.9 Å². The van der Waals surface area contributed by atoms with Gasteiger partial charge in [-0.05, 0) is 61.6 Å². The van der Waals surface area contributed by atoms with Gasteiger partial charge in [-0.25, -0.2) is 0 Å². The van der Waals surface area contributed by atoms with E-state index in [0.29, 0.717) is 35.7 Å². The van der Waals surface area contributed by atoms with Crippen LogP contribution in [-0.2, 0) is 19.6 Å². The van der Waals surface area contributed by atoms with Crippen molar-refractivity contribution in [2.24, 2.45) is 0 Å². The number of aryl methyl sites for hydroxylation is 1. The van der Waals surface area contributed by atoms with Crippen LogP contribution in [0.3, 0.4) is 0 Å². The lowest BCUT2D eigenvalue weighted by molar-refractivity contribution is -0.384. The number of rotatable bonds is 12. The summed E-state index contributed by atoms with van der Waals surface area (Å²) in [6.07, 6.45) is 2.04. The Morgan fingerprint density at radius 2 is 1.70 bits per heavy atom. The summed E-state index contributed by atoms with van der Waals surface area (Å²) in [5, 5.41) is 14.9. The third-order valence-electron chi connectivity index (χ3n) is 5.30. The van der Waals surface area contributed by atoms with Gasteiger partial charge in [-0.3, -0.25) is 10.1 Å². The van der Waals surface area contributed by atoms with Crippen molar-refractivity contribution < 1.29 is 14.4 Å². The first kappa shape index (κ1) is 24.6. The minimum atomic E-state index is -0.424. The summed E-state index contributed by atoms with van der Waals surface area (Å²) in [7, 11) is 0. The smallest absolute Gasteiger partial charge is 0.269 e. The summed E-state index contributed by atoms with van der Waals surface area (Å²) in [5.41, 5.74) is 3.13. The lowest BCUT2D eigenvalue weighted by atomic mass is 10.1. The predicted molar refractivity (Wildman–Crippen MR) is 131 cm³/mol. The third kappa shape index (κ3) is 7.48. The molecule has 1 N–H and O–H groups in total. The zero-order chi connectivity index (χ0) is 23.6. The Kier molecular flexibility index (Phi) is 9.10. The fourth-order valence-electron chi connectivity index (χ4n) is 3.38. The maximum atomic E-state index is 10.8. The van der Waals surface area contributed by atoms with Crippen molar-refractivity contribution in [3.63, 3.8) is 0 Å². The van der Waals surface area contributed by atoms with Crippen LogP contribution >= 0.6 is 11.6 Å². The fourth-order valence-corrected chi connectivity index (χ4v) is 3.60. The van der Waals surface area contributed by atoms with Gasteiger partial charge < -0.3 is 14.8 Å². The quantitative estimate of drug-likeness (QED) is 0.248. The van der Waals surface area contributed by atoms with Crippen LogP contribution in [0.5, 0.6) is 11.5 Å². The van der Waals surface area contributed by atoms with E-state index in [2.05, 4.69) is 36.5 Å². The Labute approximate surface area is 199 Å². The Morgan fingerprint density at radius 3 is 2.36 bits per heavy atom.